The molecule has 1 aromatic carbocycles. The molecule has 1 atom stereocenters. The molecule has 0 amide bonds. The van der Waals surface area contributed by atoms with Crippen molar-refractivity contribution in [3.8, 4) is 0 Å². The topological polar surface area (TPSA) is 23.5 Å². The zero-order valence-corrected chi connectivity index (χ0v) is 11.1. The smallest absolute Gasteiger partial charge is 0.0716 e. The minimum Gasteiger partial charge on any atom is -0.391 e. The van der Waals surface area contributed by atoms with Crippen molar-refractivity contribution in [2.24, 2.45) is 0 Å². The third-order valence-corrected chi connectivity index (χ3v) is 3.87. The summed E-state index contributed by atoms with van der Waals surface area (Å²) in [6.07, 6.45) is 2.85. The maximum absolute atomic E-state index is 9.83. The van der Waals surface area contributed by atoms with E-state index in [9.17, 15) is 5.11 Å². The zero-order chi connectivity index (χ0) is 12.5. The van der Waals surface area contributed by atoms with Gasteiger partial charge >= 0.3 is 0 Å². The highest BCUT2D eigenvalue weighted by atomic mass is 16.3. The van der Waals surface area contributed by atoms with Crippen molar-refractivity contribution in [2.45, 2.75) is 51.7 Å². The number of rotatable bonds is 2. The lowest BCUT2D eigenvalue weighted by molar-refractivity contribution is 0.126. The van der Waals surface area contributed by atoms with E-state index in [-0.39, 0.29) is 11.6 Å². The Labute approximate surface area is 104 Å². The van der Waals surface area contributed by atoms with Crippen LogP contribution in [0.1, 0.15) is 39.2 Å². The van der Waals surface area contributed by atoms with Gasteiger partial charge in [-0.15, -0.1) is 0 Å². The van der Waals surface area contributed by atoms with Gasteiger partial charge < -0.3 is 10.0 Å². The van der Waals surface area contributed by atoms with E-state index in [1.54, 1.807) is 0 Å². The summed E-state index contributed by atoms with van der Waals surface area (Å²) in [5.41, 5.74) is 2.74. The van der Waals surface area contributed by atoms with Gasteiger partial charge in [0, 0.05) is 17.8 Å². The van der Waals surface area contributed by atoms with E-state index in [2.05, 4.69) is 49.9 Å². The summed E-state index contributed by atoms with van der Waals surface area (Å²) in [4.78, 5) is 2.33. The fraction of sp³-hybridized carbons (Fsp3) is 0.600. The Morgan fingerprint density at radius 1 is 1.29 bits per heavy atom. The normalized spacial score (nSPS) is 23.8. The van der Waals surface area contributed by atoms with Crippen molar-refractivity contribution in [2.75, 3.05) is 11.4 Å². The molecule has 0 aromatic heterocycles. The number of aryl methyl sites for hydroxylation is 1. The maximum Gasteiger partial charge on any atom is 0.0716 e. The second-order valence-electron chi connectivity index (χ2n) is 5.64. The van der Waals surface area contributed by atoms with Crippen LogP contribution in [-0.2, 0) is 6.42 Å². The minimum absolute atomic E-state index is 0.146. The number of hydrogen-bond acceptors (Lipinski definition) is 2. The van der Waals surface area contributed by atoms with Crippen molar-refractivity contribution in [3.05, 3.63) is 29.8 Å². The molecular weight excluding hydrogens is 210 g/mol. The van der Waals surface area contributed by atoms with E-state index >= 15 is 0 Å². The van der Waals surface area contributed by atoms with Gasteiger partial charge in [-0.25, -0.2) is 0 Å². The lowest BCUT2D eigenvalue weighted by Gasteiger charge is -2.46. The maximum atomic E-state index is 9.83. The van der Waals surface area contributed by atoms with Crippen LogP contribution < -0.4 is 4.90 Å². The number of piperidine rings is 1. The lowest BCUT2D eigenvalue weighted by atomic mass is 9.88. The van der Waals surface area contributed by atoms with Crippen molar-refractivity contribution >= 4 is 5.69 Å². The summed E-state index contributed by atoms with van der Waals surface area (Å²) in [5.74, 6) is 0. The van der Waals surface area contributed by atoms with Gasteiger partial charge in [0.1, 0.15) is 0 Å². The molecule has 94 valence electrons. The van der Waals surface area contributed by atoms with E-state index in [4.69, 9.17) is 0 Å². The average Bonchev–Trinajstić information content (AvgIpc) is 2.33. The summed E-state index contributed by atoms with van der Waals surface area (Å²) < 4.78 is 0. The van der Waals surface area contributed by atoms with Gasteiger partial charge in [0.05, 0.1) is 6.10 Å². The standard InChI is InChI=1S/C15H23NO/c1-4-12-5-7-13(8-6-12)16-11-14(17)9-10-15(16,2)3/h5-8,14,17H,4,9-11H2,1-3H3. The van der Waals surface area contributed by atoms with Crippen LogP contribution in [-0.4, -0.2) is 23.3 Å². The Morgan fingerprint density at radius 3 is 2.53 bits per heavy atom. The molecule has 1 N–H and O–H groups in total. The second kappa shape index (κ2) is 4.69. The van der Waals surface area contributed by atoms with E-state index in [0.717, 1.165) is 25.8 Å². The molecule has 2 nitrogen and oxygen atoms in total. The van der Waals surface area contributed by atoms with Crippen LogP contribution in [0.5, 0.6) is 0 Å². The molecule has 2 heteroatoms. The Morgan fingerprint density at radius 2 is 1.94 bits per heavy atom. The predicted octanol–water partition coefficient (Wildman–Crippen LogP) is 2.99. The Hall–Kier alpha value is -1.02. The van der Waals surface area contributed by atoms with Gasteiger partial charge in [0.2, 0.25) is 0 Å². The number of β-amino-alcohol motifs (C(OH)–C–C–N with tert-alkyl or cyclic N) is 1. The summed E-state index contributed by atoms with van der Waals surface area (Å²) in [6, 6.07) is 8.73. The number of nitrogens with zero attached hydrogens (tertiary/aromatic N) is 1. The lowest BCUT2D eigenvalue weighted by Crippen LogP contribution is -2.52. The monoisotopic (exact) mass is 233 g/mol. The van der Waals surface area contributed by atoms with Crippen LogP contribution in [0, 0.1) is 0 Å². The van der Waals surface area contributed by atoms with Crippen LogP contribution in [0.2, 0.25) is 0 Å². The Kier molecular flexibility index (Phi) is 3.43. The van der Waals surface area contributed by atoms with Crippen LogP contribution in [0.3, 0.4) is 0 Å². The van der Waals surface area contributed by atoms with E-state index in [0.29, 0.717) is 0 Å². The quantitative estimate of drug-likeness (QED) is 0.849. The molecular formula is C15H23NO. The fourth-order valence-electron chi connectivity index (χ4n) is 2.57. The highest BCUT2D eigenvalue weighted by molar-refractivity contribution is 5.50. The molecule has 0 bridgehead atoms. The molecule has 1 heterocycles. The Bertz CT molecular complexity index is 369. The van der Waals surface area contributed by atoms with Crippen LogP contribution in [0.25, 0.3) is 0 Å². The molecule has 0 spiro atoms. The molecule has 2 rings (SSSR count). The Balaban J connectivity index is 2.23. The molecule has 1 unspecified atom stereocenters. The number of hydrogen-bond donors (Lipinski definition) is 1. The van der Waals surface area contributed by atoms with Crippen molar-refractivity contribution in [1.29, 1.82) is 0 Å². The van der Waals surface area contributed by atoms with Crippen LogP contribution in [0.15, 0.2) is 24.3 Å². The number of anilines is 1. The highest BCUT2D eigenvalue weighted by Crippen LogP contribution is 2.32. The van der Waals surface area contributed by atoms with Crippen molar-refractivity contribution in [3.63, 3.8) is 0 Å². The first-order valence-electron chi connectivity index (χ1n) is 6.57. The van der Waals surface area contributed by atoms with Crippen molar-refractivity contribution in [1.82, 2.24) is 0 Å². The molecule has 1 aliphatic heterocycles. The molecule has 1 fully saturated rings. The molecule has 1 aliphatic rings. The van der Waals surface area contributed by atoms with Gasteiger partial charge in [-0.05, 0) is 50.8 Å². The third-order valence-electron chi connectivity index (χ3n) is 3.87. The van der Waals surface area contributed by atoms with Crippen LogP contribution >= 0.6 is 0 Å². The molecule has 0 saturated carbocycles. The SMILES string of the molecule is CCc1ccc(N2CC(O)CCC2(C)C)cc1. The molecule has 1 aromatic rings. The van der Waals surface area contributed by atoms with E-state index in [1.807, 2.05) is 0 Å². The van der Waals surface area contributed by atoms with Gasteiger partial charge in [0.25, 0.3) is 0 Å². The second-order valence-corrected chi connectivity index (χ2v) is 5.64. The fourth-order valence-corrected chi connectivity index (χ4v) is 2.57. The minimum atomic E-state index is -0.186. The third kappa shape index (κ3) is 2.63. The highest BCUT2D eigenvalue weighted by Gasteiger charge is 2.33. The summed E-state index contributed by atoms with van der Waals surface area (Å²) in [7, 11) is 0. The molecule has 0 radical (unpaired) electrons. The van der Waals surface area contributed by atoms with Gasteiger partial charge in [-0.2, -0.15) is 0 Å². The largest absolute Gasteiger partial charge is 0.391 e. The van der Waals surface area contributed by atoms with Crippen LogP contribution in [0.4, 0.5) is 5.69 Å². The molecule has 1 saturated heterocycles. The molecule has 0 aliphatic carbocycles. The molecule has 17 heavy (non-hydrogen) atoms. The first-order valence-corrected chi connectivity index (χ1v) is 6.57. The number of aliphatic hydroxyl groups is 1. The number of benzene rings is 1. The first kappa shape index (κ1) is 12.4. The van der Waals surface area contributed by atoms with E-state index < -0.39 is 0 Å². The van der Waals surface area contributed by atoms with Gasteiger partial charge in [0.15, 0.2) is 0 Å². The number of aliphatic hydroxyl groups excluding tert-OH is 1. The first-order chi connectivity index (χ1) is 8.03. The van der Waals surface area contributed by atoms with Crippen molar-refractivity contribution < 1.29 is 5.11 Å². The average molecular weight is 233 g/mol. The van der Waals surface area contributed by atoms with E-state index in [1.165, 1.54) is 11.3 Å². The summed E-state index contributed by atoms with van der Waals surface area (Å²) in [6.45, 7) is 7.43. The van der Waals surface area contributed by atoms with Gasteiger partial charge in [-0.1, -0.05) is 19.1 Å². The summed E-state index contributed by atoms with van der Waals surface area (Å²) in [5, 5.41) is 9.83. The zero-order valence-electron chi connectivity index (χ0n) is 11.1. The van der Waals surface area contributed by atoms with Gasteiger partial charge in [-0.3, -0.25) is 0 Å². The predicted molar refractivity (Wildman–Crippen MR) is 72.5 cm³/mol. The summed E-state index contributed by atoms with van der Waals surface area (Å²) >= 11 is 0.